The highest BCUT2D eigenvalue weighted by atomic mass is 32.2. The Hall–Kier alpha value is -2.65. The minimum absolute atomic E-state index is 0.0907. The average Bonchev–Trinajstić information content (AvgIpc) is 3.29. The van der Waals surface area contributed by atoms with Gasteiger partial charge in [-0.2, -0.15) is 4.31 Å². The van der Waals surface area contributed by atoms with E-state index in [9.17, 15) is 17.6 Å². The number of amides is 1. The largest absolute Gasteiger partial charge is 0.495 e. The summed E-state index contributed by atoms with van der Waals surface area (Å²) < 4.78 is 51.2. The van der Waals surface area contributed by atoms with Crippen LogP contribution in [0.1, 0.15) is 26.2 Å². The van der Waals surface area contributed by atoms with Gasteiger partial charge in [0.25, 0.3) is 5.91 Å². The number of hydrogen-bond donors (Lipinski definition) is 1. The number of methoxy groups -OCH3 is 1. The van der Waals surface area contributed by atoms with E-state index in [4.69, 9.17) is 9.47 Å². The number of halogens is 1. The molecule has 1 aliphatic rings. The summed E-state index contributed by atoms with van der Waals surface area (Å²) in [7, 11) is -2.20. The molecule has 162 valence electrons. The standard InChI is InChI=1S/C21H25FN2O5S/c1-3-19(29-16-8-6-15(22)7-9-16)21(25)23-18-14-17(10-11-20(18)28-2)30(26,27)24-12-4-5-13-24/h6-11,14,19H,3-5,12-13H2,1-2H3,(H,23,25)/t19-/m1/s1. The lowest BCUT2D eigenvalue weighted by Gasteiger charge is -2.20. The SMILES string of the molecule is CC[C@@H](Oc1ccc(F)cc1)C(=O)Nc1cc(S(=O)(=O)N2CCCC2)ccc1OC. The molecule has 2 aromatic rings. The first kappa shape index (κ1) is 22.0. The highest BCUT2D eigenvalue weighted by Crippen LogP contribution is 2.30. The average molecular weight is 437 g/mol. The second kappa shape index (κ2) is 9.44. The monoisotopic (exact) mass is 436 g/mol. The minimum atomic E-state index is -3.64. The Morgan fingerprint density at radius 3 is 2.43 bits per heavy atom. The summed E-state index contributed by atoms with van der Waals surface area (Å²) >= 11 is 0. The van der Waals surface area contributed by atoms with Crippen LogP contribution >= 0.6 is 0 Å². The van der Waals surface area contributed by atoms with Crippen LogP contribution in [0.25, 0.3) is 0 Å². The molecule has 1 atom stereocenters. The van der Waals surface area contributed by atoms with Crippen LogP contribution in [0.15, 0.2) is 47.4 Å². The van der Waals surface area contributed by atoms with E-state index < -0.39 is 27.9 Å². The number of hydrogen-bond acceptors (Lipinski definition) is 5. The van der Waals surface area contributed by atoms with Gasteiger partial charge in [-0.25, -0.2) is 12.8 Å². The van der Waals surface area contributed by atoms with Crippen LogP contribution in [0.4, 0.5) is 10.1 Å². The normalized spacial score (nSPS) is 15.6. The topological polar surface area (TPSA) is 84.9 Å². The van der Waals surface area contributed by atoms with Crippen LogP contribution in [0, 0.1) is 5.82 Å². The third-order valence-corrected chi connectivity index (χ3v) is 6.78. The molecule has 2 aromatic carbocycles. The minimum Gasteiger partial charge on any atom is -0.495 e. The summed E-state index contributed by atoms with van der Waals surface area (Å²) in [4.78, 5) is 12.9. The molecular formula is C21H25FN2O5S. The smallest absolute Gasteiger partial charge is 0.265 e. The lowest BCUT2D eigenvalue weighted by molar-refractivity contribution is -0.122. The molecule has 3 rings (SSSR count). The third-order valence-electron chi connectivity index (χ3n) is 4.89. The Labute approximate surface area is 175 Å². The van der Waals surface area contributed by atoms with Crippen molar-refractivity contribution < 1.29 is 27.1 Å². The molecule has 1 heterocycles. The van der Waals surface area contributed by atoms with Crippen molar-refractivity contribution in [3.05, 3.63) is 48.3 Å². The zero-order chi connectivity index (χ0) is 21.7. The van der Waals surface area contributed by atoms with Gasteiger partial charge in [-0.15, -0.1) is 0 Å². The van der Waals surface area contributed by atoms with Crippen LogP contribution in [0.5, 0.6) is 11.5 Å². The Morgan fingerprint density at radius 2 is 1.83 bits per heavy atom. The predicted molar refractivity (Wildman–Crippen MR) is 111 cm³/mol. The molecular weight excluding hydrogens is 411 g/mol. The third kappa shape index (κ3) is 4.91. The van der Waals surface area contributed by atoms with Gasteiger partial charge >= 0.3 is 0 Å². The first-order valence-electron chi connectivity index (χ1n) is 9.76. The first-order valence-corrected chi connectivity index (χ1v) is 11.2. The number of carbonyl (C=O) groups is 1. The number of sulfonamides is 1. The van der Waals surface area contributed by atoms with E-state index in [-0.39, 0.29) is 10.6 Å². The molecule has 7 nitrogen and oxygen atoms in total. The second-order valence-corrected chi connectivity index (χ2v) is 8.87. The van der Waals surface area contributed by atoms with Gasteiger partial charge in [-0.05, 0) is 61.7 Å². The van der Waals surface area contributed by atoms with Crippen molar-refractivity contribution in [1.29, 1.82) is 0 Å². The number of carbonyl (C=O) groups excluding carboxylic acids is 1. The predicted octanol–water partition coefficient (Wildman–Crippen LogP) is 3.41. The molecule has 0 aromatic heterocycles. The molecule has 1 aliphatic heterocycles. The van der Waals surface area contributed by atoms with Gasteiger partial charge in [0.05, 0.1) is 17.7 Å². The van der Waals surface area contributed by atoms with Crippen molar-refractivity contribution in [1.82, 2.24) is 4.31 Å². The van der Waals surface area contributed by atoms with E-state index in [0.29, 0.717) is 31.0 Å². The molecule has 1 amide bonds. The van der Waals surface area contributed by atoms with Gasteiger partial charge in [0.15, 0.2) is 6.10 Å². The Bertz CT molecular complexity index is 989. The van der Waals surface area contributed by atoms with Crippen molar-refractivity contribution >= 4 is 21.6 Å². The van der Waals surface area contributed by atoms with Crippen molar-refractivity contribution in [2.75, 3.05) is 25.5 Å². The Morgan fingerprint density at radius 1 is 1.17 bits per heavy atom. The van der Waals surface area contributed by atoms with Gasteiger partial charge in [0.1, 0.15) is 17.3 Å². The van der Waals surface area contributed by atoms with Gasteiger partial charge in [0.2, 0.25) is 10.0 Å². The molecule has 0 radical (unpaired) electrons. The molecule has 1 saturated heterocycles. The quantitative estimate of drug-likeness (QED) is 0.686. The molecule has 0 saturated carbocycles. The highest BCUT2D eigenvalue weighted by Gasteiger charge is 2.28. The van der Waals surface area contributed by atoms with Crippen LogP contribution in [0.3, 0.4) is 0 Å². The fraction of sp³-hybridized carbons (Fsp3) is 0.381. The van der Waals surface area contributed by atoms with Gasteiger partial charge in [-0.1, -0.05) is 6.92 Å². The number of nitrogens with zero attached hydrogens (tertiary/aromatic N) is 1. The number of nitrogens with one attached hydrogen (secondary N) is 1. The van der Waals surface area contributed by atoms with Gasteiger partial charge in [0, 0.05) is 13.1 Å². The van der Waals surface area contributed by atoms with E-state index in [1.807, 2.05) is 0 Å². The van der Waals surface area contributed by atoms with Crippen LogP contribution in [0.2, 0.25) is 0 Å². The number of anilines is 1. The molecule has 0 bridgehead atoms. The Balaban J connectivity index is 1.81. The maximum atomic E-state index is 13.1. The first-order chi connectivity index (χ1) is 14.3. The van der Waals surface area contributed by atoms with Crippen molar-refractivity contribution in [2.24, 2.45) is 0 Å². The maximum Gasteiger partial charge on any atom is 0.265 e. The molecule has 0 unspecified atom stereocenters. The summed E-state index contributed by atoms with van der Waals surface area (Å²) in [6.45, 7) is 2.75. The fourth-order valence-electron chi connectivity index (χ4n) is 3.24. The van der Waals surface area contributed by atoms with E-state index in [0.717, 1.165) is 12.8 Å². The molecule has 0 aliphatic carbocycles. The van der Waals surface area contributed by atoms with E-state index in [1.165, 1.54) is 53.9 Å². The van der Waals surface area contributed by atoms with Gasteiger partial charge < -0.3 is 14.8 Å². The summed E-state index contributed by atoms with van der Waals surface area (Å²) in [6, 6.07) is 9.75. The Kier molecular flexibility index (Phi) is 6.94. The number of ether oxygens (including phenoxy) is 2. The molecule has 1 N–H and O–H groups in total. The zero-order valence-corrected chi connectivity index (χ0v) is 17.7. The van der Waals surface area contributed by atoms with E-state index in [1.54, 1.807) is 6.92 Å². The van der Waals surface area contributed by atoms with Crippen LogP contribution < -0.4 is 14.8 Å². The number of benzene rings is 2. The van der Waals surface area contributed by atoms with Crippen LogP contribution in [-0.2, 0) is 14.8 Å². The van der Waals surface area contributed by atoms with E-state index in [2.05, 4.69) is 5.32 Å². The summed E-state index contributed by atoms with van der Waals surface area (Å²) in [5.74, 6) is -0.174. The number of rotatable bonds is 8. The highest BCUT2D eigenvalue weighted by molar-refractivity contribution is 7.89. The summed E-state index contributed by atoms with van der Waals surface area (Å²) in [5.41, 5.74) is 0.240. The lowest BCUT2D eigenvalue weighted by Crippen LogP contribution is -2.32. The fourth-order valence-corrected chi connectivity index (χ4v) is 4.78. The second-order valence-electron chi connectivity index (χ2n) is 6.93. The maximum absolute atomic E-state index is 13.1. The molecule has 1 fully saturated rings. The van der Waals surface area contributed by atoms with Crippen LogP contribution in [-0.4, -0.2) is 44.9 Å². The van der Waals surface area contributed by atoms with E-state index >= 15 is 0 Å². The molecule has 30 heavy (non-hydrogen) atoms. The molecule has 0 spiro atoms. The summed E-state index contributed by atoms with van der Waals surface area (Å²) in [5, 5.41) is 2.70. The zero-order valence-electron chi connectivity index (χ0n) is 16.9. The van der Waals surface area contributed by atoms with Crippen molar-refractivity contribution in [2.45, 2.75) is 37.2 Å². The van der Waals surface area contributed by atoms with Crippen molar-refractivity contribution in [3.63, 3.8) is 0 Å². The van der Waals surface area contributed by atoms with Gasteiger partial charge in [-0.3, -0.25) is 4.79 Å². The van der Waals surface area contributed by atoms with Crippen molar-refractivity contribution in [3.8, 4) is 11.5 Å². The lowest BCUT2D eigenvalue weighted by atomic mass is 10.2. The summed E-state index contributed by atoms with van der Waals surface area (Å²) in [6.07, 6.45) is 1.17. The molecule has 9 heteroatoms.